The van der Waals surface area contributed by atoms with Crippen LogP contribution in [0.15, 0.2) is 47.4 Å². The van der Waals surface area contributed by atoms with E-state index in [4.69, 9.17) is 0 Å². The lowest BCUT2D eigenvalue weighted by Gasteiger charge is -2.27. The van der Waals surface area contributed by atoms with Gasteiger partial charge in [0.05, 0.1) is 4.90 Å². The molecule has 46 heavy (non-hydrogen) atoms. The van der Waals surface area contributed by atoms with Crippen LogP contribution in [-0.4, -0.2) is 76.6 Å². The summed E-state index contributed by atoms with van der Waals surface area (Å²) in [6, 6.07) is 10.1. The molecule has 6 N–H and O–H groups in total. The van der Waals surface area contributed by atoms with Gasteiger partial charge in [0.1, 0.15) is 6.04 Å². The minimum atomic E-state index is -4.19. The summed E-state index contributed by atoms with van der Waals surface area (Å²) in [6.07, 6.45) is 8.24. The van der Waals surface area contributed by atoms with E-state index in [2.05, 4.69) is 26.0 Å². The van der Waals surface area contributed by atoms with Crippen LogP contribution in [0, 0.1) is 17.8 Å². The Morgan fingerprint density at radius 2 is 1.39 bits per heavy atom. The SMILES string of the molecule is Cl.Cl.O=C(CCNC(=O)C(CCC1CCNCC1)CCC1CCNCC1)NCC(NS(=O)(=O)c1cccc2ccccc12)C(=O)O. The molecule has 2 fully saturated rings. The first-order chi connectivity index (χ1) is 21.2. The fourth-order valence-electron chi connectivity index (χ4n) is 6.23. The van der Waals surface area contributed by atoms with Gasteiger partial charge in [-0.25, -0.2) is 8.42 Å². The zero-order valence-corrected chi connectivity index (χ0v) is 28.6. The van der Waals surface area contributed by atoms with Gasteiger partial charge in [-0.2, -0.15) is 4.72 Å². The van der Waals surface area contributed by atoms with Gasteiger partial charge in [-0.1, -0.05) is 36.4 Å². The lowest BCUT2D eigenvalue weighted by atomic mass is 9.84. The first-order valence-corrected chi connectivity index (χ1v) is 17.4. The molecule has 11 nitrogen and oxygen atoms in total. The van der Waals surface area contributed by atoms with Crippen LogP contribution in [0.4, 0.5) is 0 Å². The molecule has 0 spiro atoms. The van der Waals surface area contributed by atoms with Crippen molar-refractivity contribution in [3.05, 3.63) is 42.5 Å². The topological polar surface area (TPSA) is 166 Å². The fraction of sp³-hybridized carbons (Fsp3) is 0.594. The molecule has 2 heterocycles. The highest BCUT2D eigenvalue weighted by molar-refractivity contribution is 7.89. The van der Waals surface area contributed by atoms with Crippen molar-refractivity contribution in [2.24, 2.45) is 17.8 Å². The summed E-state index contributed by atoms with van der Waals surface area (Å²) in [5, 5.41) is 23.1. The monoisotopic (exact) mass is 701 g/mol. The maximum Gasteiger partial charge on any atom is 0.323 e. The summed E-state index contributed by atoms with van der Waals surface area (Å²) >= 11 is 0. The molecule has 1 unspecified atom stereocenters. The largest absolute Gasteiger partial charge is 0.480 e. The second-order valence-electron chi connectivity index (χ2n) is 12.1. The Balaban J connectivity index is 0.00000368. The maximum absolute atomic E-state index is 13.2. The van der Waals surface area contributed by atoms with Crippen LogP contribution >= 0.6 is 24.8 Å². The number of benzene rings is 2. The smallest absolute Gasteiger partial charge is 0.323 e. The minimum absolute atomic E-state index is 0. The van der Waals surface area contributed by atoms with Crippen LogP contribution in [0.1, 0.15) is 57.8 Å². The number of carbonyl (C=O) groups excluding carboxylic acids is 2. The van der Waals surface area contributed by atoms with E-state index >= 15 is 0 Å². The Morgan fingerprint density at radius 1 is 0.826 bits per heavy atom. The molecule has 14 heteroatoms. The average Bonchev–Trinajstić information content (AvgIpc) is 3.03. The molecule has 0 aromatic heterocycles. The molecule has 4 rings (SSSR count). The highest BCUT2D eigenvalue weighted by Gasteiger charge is 2.28. The number of halogens is 2. The van der Waals surface area contributed by atoms with Gasteiger partial charge in [0, 0.05) is 30.8 Å². The number of amides is 2. The van der Waals surface area contributed by atoms with Crippen LogP contribution in [0.2, 0.25) is 0 Å². The summed E-state index contributed by atoms with van der Waals surface area (Å²) in [7, 11) is -4.19. The second kappa shape index (κ2) is 20.0. The van der Waals surface area contributed by atoms with Crippen molar-refractivity contribution in [1.82, 2.24) is 26.0 Å². The number of carboxylic acids is 1. The summed E-state index contributed by atoms with van der Waals surface area (Å²) < 4.78 is 28.4. The first-order valence-electron chi connectivity index (χ1n) is 15.9. The molecule has 258 valence electrons. The number of hydrogen-bond donors (Lipinski definition) is 6. The molecule has 2 aromatic rings. The predicted octanol–water partition coefficient (Wildman–Crippen LogP) is 3.21. The fourth-order valence-corrected chi connectivity index (χ4v) is 7.65. The van der Waals surface area contributed by atoms with Gasteiger partial charge in [0.2, 0.25) is 21.8 Å². The number of nitrogens with one attached hydrogen (secondary N) is 5. The van der Waals surface area contributed by atoms with Crippen molar-refractivity contribution >= 4 is 63.4 Å². The summed E-state index contributed by atoms with van der Waals surface area (Å²) in [6.45, 7) is 3.80. The molecular formula is C32H49Cl2N5O6S. The van der Waals surface area contributed by atoms with E-state index in [0.717, 1.165) is 77.5 Å². The van der Waals surface area contributed by atoms with Gasteiger partial charge < -0.3 is 26.4 Å². The lowest BCUT2D eigenvalue weighted by molar-refractivity contribution is -0.139. The Kier molecular flexibility index (Phi) is 17.3. The van der Waals surface area contributed by atoms with Crippen LogP contribution in [0.5, 0.6) is 0 Å². The van der Waals surface area contributed by atoms with E-state index in [-0.39, 0.29) is 54.5 Å². The van der Waals surface area contributed by atoms with Gasteiger partial charge in [-0.05, 0) is 101 Å². The molecule has 0 radical (unpaired) electrons. The summed E-state index contributed by atoms with van der Waals surface area (Å²) in [4.78, 5) is 37.6. The average molecular weight is 703 g/mol. The quantitative estimate of drug-likeness (QED) is 0.155. The van der Waals surface area contributed by atoms with Gasteiger partial charge in [-0.15, -0.1) is 24.8 Å². The minimum Gasteiger partial charge on any atom is -0.480 e. The molecule has 0 saturated carbocycles. The van der Waals surface area contributed by atoms with E-state index in [0.29, 0.717) is 22.6 Å². The Morgan fingerprint density at radius 3 is 1.98 bits per heavy atom. The zero-order chi connectivity index (χ0) is 31.4. The molecule has 2 aliphatic rings. The van der Waals surface area contributed by atoms with Gasteiger partial charge >= 0.3 is 5.97 Å². The van der Waals surface area contributed by atoms with Crippen molar-refractivity contribution in [1.29, 1.82) is 0 Å². The third-order valence-electron chi connectivity index (χ3n) is 8.92. The number of rotatable bonds is 16. The van der Waals surface area contributed by atoms with Crippen LogP contribution < -0.4 is 26.0 Å². The number of carbonyl (C=O) groups is 3. The number of hydrogen-bond acceptors (Lipinski definition) is 7. The number of sulfonamides is 1. The molecule has 2 aromatic carbocycles. The summed E-state index contributed by atoms with van der Waals surface area (Å²) in [5.74, 6) is -0.739. The third-order valence-corrected chi connectivity index (χ3v) is 10.5. The molecule has 2 aliphatic heterocycles. The van der Waals surface area contributed by atoms with E-state index in [1.165, 1.54) is 6.07 Å². The van der Waals surface area contributed by atoms with Crippen LogP contribution in [0.3, 0.4) is 0 Å². The Hall–Kier alpha value is -2.48. The van der Waals surface area contributed by atoms with Crippen molar-refractivity contribution in [2.75, 3.05) is 39.3 Å². The van der Waals surface area contributed by atoms with Crippen LogP contribution in [-0.2, 0) is 24.4 Å². The zero-order valence-electron chi connectivity index (χ0n) is 26.2. The van der Waals surface area contributed by atoms with Crippen molar-refractivity contribution in [3.63, 3.8) is 0 Å². The van der Waals surface area contributed by atoms with E-state index < -0.39 is 34.5 Å². The molecule has 0 aliphatic carbocycles. The van der Waals surface area contributed by atoms with Gasteiger partial charge in [-0.3, -0.25) is 14.4 Å². The van der Waals surface area contributed by atoms with Crippen molar-refractivity contribution in [3.8, 4) is 0 Å². The Bertz CT molecular complexity index is 1340. The van der Waals surface area contributed by atoms with Gasteiger partial charge in [0.15, 0.2) is 0 Å². The third kappa shape index (κ3) is 12.3. The van der Waals surface area contributed by atoms with E-state index in [9.17, 15) is 27.9 Å². The van der Waals surface area contributed by atoms with Crippen LogP contribution in [0.25, 0.3) is 10.8 Å². The first kappa shape index (κ1) is 39.7. The lowest BCUT2D eigenvalue weighted by Crippen LogP contribution is -2.48. The highest BCUT2D eigenvalue weighted by Crippen LogP contribution is 2.27. The van der Waals surface area contributed by atoms with E-state index in [1.807, 2.05) is 0 Å². The molecule has 2 amide bonds. The molecular weight excluding hydrogens is 653 g/mol. The second-order valence-corrected chi connectivity index (χ2v) is 13.8. The summed E-state index contributed by atoms with van der Waals surface area (Å²) in [5.41, 5.74) is 0. The molecule has 2 saturated heterocycles. The number of piperidine rings is 2. The molecule has 0 bridgehead atoms. The standard InChI is InChI=1S/C32H47N5O6S.2ClH/c38-30(36-22-28(32(40)41)37-44(42,43)29-7-3-5-25-4-1-2-6-27(25)29)16-21-35-31(39)26(10-8-23-12-17-33-18-13-23)11-9-24-14-19-34-20-15-24;;/h1-7,23-24,26,28,33-34,37H,8-22H2,(H,35,39)(H,36,38)(H,40,41);2*1H. The number of fused-ring (bicyclic) bond motifs is 1. The Labute approximate surface area is 284 Å². The molecule has 1 atom stereocenters. The normalized spacial score (nSPS) is 16.6. The number of carboxylic acid groups (broad SMARTS) is 1. The maximum atomic E-state index is 13.2. The van der Waals surface area contributed by atoms with Crippen molar-refractivity contribution in [2.45, 2.75) is 68.7 Å². The highest BCUT2D eigenvalue weighted by atomic mass is 35.5. The predicted molar refractivity (Wildman–Crippen MR) is 184 cm³/mol. The van der Waals surface area contributed by atoms with E-state index in [1.54, 1.807) is 36.4 Å². The van der Waals surface area contributed by atoms with Gasteiger partial charge in [0.25, 0.3) is 0 Å². The number of aliphatic carboxylic acids is 1. The van der Waals surface area contributed by atoms with Crippen molar-refractivity contribution < 1.29 is 27.9 Å².